The van der Waals surface area contributed by atoms with Gasteiger partial charge in [-0.1, -0.05) is 13.3 Å². The number of hydrogen-bond acceptors (Lipinski definition) is 2. The summed E-state index contributed by atoms with van der Waals surface area (Å²) in [6.45, 7) is 2.69. The molecular formula is C6H15N2. The maximum absolute atomic E-state index is 5.50. The van der Waals surface area contributed by atoms with Crippen LogP contribution in [0.15, 0.2) is 0 Å². The van der Waals surface area contributed by atoms with Gasteiger partial charge < -0.3 is 11.5 Å². The Labute approximate surface area is 51.2 Å². The van der Waals surface area contributed by atoms with Crippen LogP contribution < -0.4 is 11.5 Å². The van der Waals surface area contributed by atoms with Gasteiger partial charge in [-0.25, -0.2) is 0 Å². The third-order valence-corrected chi connectivity index (χ3v) is 1.06. The summed E-state index contributed by atoms with van der Waals surface area (Å²) < 4.78 is 0. The molecule has 0 amide bonds. The Morgan fingerprint density at radius 2 is 2.25 bits per heavy atom. The number of hydrogen-bond donors (Lipinski definition) is 2. The molecule has 0 fully saturated rings. The van der Waals surface area contributed by atoms with Crippen LogP contribution in [0.1, 0.15) is 19.8 Å². The molecule has 0 heterocycles. The largest absolute Gasteiger partial charge is 0.329 e. The topological polar surface area (TPSA) is 52.0 Å². The molecule has 0 aliphatic rings. The molecule has 0 rings (SSSR count). The molecule has 2 heteroatoms. The van der Waals surface area contributed by atoms with Gasteiger partial charge in [-0.3, -0.25) is 0 Å². The minimum Gasteiger partial charge on any atom is -0.329 e. The van der Waals surface area contributed by atoms with Crippen LogP contribution >= 0.6 is 0 Å². The first-order valence-corrected chi connectivity index (χ1v) is 3.08. The highest BCUT2D eigenvalue weighted by atomic mass is 14.7. The van der Waals surface area contributed by atoms with E-state index in [0.29, 0.717) is 6.54 Å². The average Bonchev–Trinajstić information content (AvgIpc) is 1.83. The third-order valence-electron chi connectivity index (χ3n) is 1.06. The molecule has 2 nitrogen and oxygen atoms in total. The summed E-state index contributed by atoms with van der Waals surface area (Å²) in [6, 6.07) is 0.176. The Hall–Kier alpha value is -0.0800. The van der Waals surface area contributed by atoms with E-state index in [2.05, 4.69) is 13.3 Å². The van der Waals surface area contributed by atoms with Crippen LogP contribution in [0.3, 0.4) is 0 Å². The smallest absolute Gasteiger partial charge is 0.0165 e. The van der Waals surface area contributed by atoms with Gasteiger partial charge in [0.1, 0.15) is 0 Å². The van der Waals surface area contributed by atoms with Crippen molar-refractivity contribution in [2.24, 2.45) is 11.5 Å². The van der Waals surface area contributed by atoms with Crippen LogP contribution in [0.25, 0.3) is 0 Å². The third kappa shape index (κ3) is 4.09. The lowest BCUT2D eigenvalue weighted by atomic mass is 10.1. The Morgan fingerprint density at radius 1 is 1.62 bits per heavy atom. The molecule has 0 aliphatic carbocycles. The molecule has 0 spiro atoms. The Balaban J connectivity index is 2.86. The maximum atomic E-state index is 5.50. The van der Waals surface area contributed by atoms with Crippen molar-refractivity contribution in [2.45, 2.75) is 25.8 Å². The lowest BCUT2D eigenvalue weighted by Gasteiger charge is -2.04. The standard InChI is InChI=1S/C6H15N2/c1-2-3-4-6(8)5-7/h3,6H,2,4-5,7-8H2,1H3. The van der Waals surface area contributed by atoms with E-state index in [9.17, 15) is 0 Å². The lowest BCUT2D eigenvalue weighted by Crippen LogP contribution is -2.29. The van der Waals surface area contributed by atoms with E-state index >= 15 is 0 Å². The summed E-state index contributed by atoms with van der Waals surface area (Å²) in [4.78, 5) is 0. The van der Waals surface area contributed by atoms with Crippen molar-refractivity contribution < 1.29 is 0 Å². The quantitative estimate of drug-likeness (QED) is 0.553. The molecule has 1 unspecified atom stereocenters. The molecule has 0 aromatic carbocycles. The zero-order valence-corrected chi connectivity index (χ0v) is 5.43. The van der Waals surface area contributed by atoms with Crippen LogP contribution in [0.5, 0.6) is 0 Å². The van der Waals surface area contributed by atoms with E-state index in [0.717, 1.165) is 12.8 Å². The van der Waals surface area contributed by atoms with Gasteiger partial charge in [0.05, 0.1) is 0 Å². The zero-order chi connectivity index (χ0) is 6.41. The van der Waals surface area contributed by atoms with Crippen LogP contribution in [0.4, 0.5) is 0 Å². The monoisotopic (exact) mass is 115 g/mol. The summed E-state index contributed by atoms with van der Waals surface area (Å²) in [7, 11) is 0. The van der Waals surface area contributed by atoms with Crippen LogP contribution in [0, 0.1) is 6.42 Å². The predicted molar refractivity (Wildman–Crippen MR) is 36.2 cm³/mol. The first-order chi connectivity index (χ1) is 3.81. The Morgan fingerprint density at radius 3 is 2.62 bits per heavy atom. The summed E-state index contributed by atoms with van der Waals surface area (Å²) >= 11 is 0. The molecule has 0 saturated heterocycles. The minimum atomic E-state index is 0.176. The van der Waals surface area contributed by atoms with Gasteiger partial charge in [0, 0.05) is 12.6 Å². The molecule has 1 radical (unpaired) electrons. The van der Waals surface area contributed by atoms with E-state index in [4.69, 9.17) is 11.5 Å². The van der Waals surface area contributed by atoms with Gasteiger partial charge in [0.2, 0.25) is 0 Å². The molecule has 0 aliphatic heterocycles. The molecular weight excluding hydrogens is 100 g/mol. The highest BCUT2D eigenvalue weighted by Gasteiger charge is 1.95. The first kappa shape index (κ1) is 7.92. The SMILES string of the molecule is CC[CH]CC(N)CN. The molecule has 0 bridgehead atoms. The van der Waals surface area contributed by atoms with Gasteiger partial charge >= 0.3 is 0 Å². The summed E-state index contributed by atoms with van der Waals surface area (Å²) in [6.07, 6.45) is 4.19. The van der Waals surface area contributed by atoms with E-state index in [-0.39, 0.29) is 6.04 Å². The Kier molecular flexibility index (Phi) is 5.01. The van der Waals surface area contributed by atoms with Gasteiger partial charge in [-0.05, 0) is 12.8 Å². The van der Waals surface area contributed by atoms with E-state index < -0.39 is 0 Å². The van der Waals surface area contributed by atoms with Crippen LogP contribution in [-0.4, -0.2) is 12.6 Å². The fourth-order valence-electron chi connectivity index (χ4n) is 0.477. The molecule has 0 aromatic rings. The second-order valence-electron chi connectivity index (χ2n) is 1.93. The molecule has 0 saturated carbocycles. The van der Waals surface area contributed by atoms with Gasteiger partial charge in [0.15, 0.2) is 0 Å². The molecule has 49 valence electrons. The molecule has 8 heavy (non-hydrogen) atoms. The molecule has 0 aromatic heterocycles. The van der Waals surface area contributed by atoms with Crippen molar-refractivity contribution in [1.29, 1.82) is 0 Å². The second-order valence-corrected chi connectivity index (χ2v) is 1.93. The van der Waals surface area contributed by atoms with E-state index in [1.165, 1.54) is 0 Å². The molecule has 1 atom stereocenters. The summed E-state index contributed by atoms with van der Waals surface area (Å²) in [5.41, 5.74) is 10.8. The van der Waals surface area contributed by atoms with Crippen molar-refractivity contribution in [1.82, 2.24) is 0 Å². The van der Waals surface area contributed by atoms with E-state index in [1.807, 2.05) is 0 Å². The fraction of sp³-hybridized carbons (Fsp3) is 0.833. The van der Waals surface area contributed by atoms with Crippen molar-refractivity contribution in [2.75, 3.05) is 6.54 Å². The highest BCUT2D eigenvalue weighted by molar-refractivity contribution is 4.71. The lowest BCUT2D eigenvalue weighted by molar-refractivity contribution is 0.658. The van der Waals surface area contributed by atoms with Crippen molar-refractivity contribution in [3.63, 3.8) is 0 Å². The van der Waals surface area contributed by atoms with Gasteiger partial charge in [0.25, 0.3) is 0 Å². The fourth-order valence-corrected chi connectivity index (χ4v) is 0.477. The second kappa shape index (κ2) is 5.06. The van der Waals surface area contributed by atoms with Gasteiger partial charge in [-0.2, -0.15) is 0 Å². The highest BCUT2D eigenvalue weighted by Crippen LogP contribution is 1.93. The average molecular weight is 115 g/mol. The van der Waals surface area contributed by atoms with Crippen molar-refractivity contribution in [3.8, 4) is 0 Å². The number of unbranched alkanes of at least 4 members (excludes halogenated alkanes) is 1. The Bertz CT molecular complexity index is 45.8. The summed E-state index contributed by atoms with van der Waals surface area (Å²) in [5.74, 6) is 0. The molecule has 4 N–H and O–H groups in total. The zero-order valence-electron chi connectivity index (χ0n) is 5.43. The van der Waals surface area contributed by atoms with E-state index in [1.54, 1.807) is 0 Å². The normalized spacial score (nSPS) is 13.9. The predicted octanol–water partition coefficient (Wildman–Crippen LogP) is 0.277. The minimum absolute atomic E-state index is 0.176. The van der Waals surface area contributed by atoms with Crippen LogP contribution in [0.2, 0.25) is 0 Å². The van der Waals surface area contributed by atoms with Crippen molar-refractivity contribution in [3.05, 3.63) is 6.42 Å². The summed E-state index contributed by atoms with van der Waals surface area (Å²) in [5, 5.41) is 0. The number of rotatable bonds is 4. The maximum Gasteiger partial charge on any atom is 0.0165 e. The van der Waals surface area contributed by atoms with Crippen molar-refractivity contribution >= 4 is 0 Å². The number of nitrogens with two attached hydrogens (primary N) is 2. The first-order valence-electron chi connectivity index (χ1n) is 3.08. The van der Waals surface area contributed by atoms with Gasteiger partial charge in [-0.15, -0.1) is 0 Å². The van der Waals surface area contributed by atoms with Crippen LogP contribution in [-0.2, 0) is 0 Å².